The van der Waals surface area contributed by atoms with Gasteiger partial charge in [0.25, 0.3) is 0 Å². The molecule has 0 aliphatic carbocycles. The van der Waals surface area contributed by atoms with E-state index in [1.54, 1.807) is 0 Å². The van der Waals surface area contributed by atoms with Crippen LogP contribution in [0.5, 0.6) is 0 Å². The van der Waals surface area contributed by atoms with Crippen LogP contribution in [0.25, 0.3) is 0 Å². The number of aryl methyl sites for hydroxylation is 2. The fourth-order valence-electron chi connectivity index (χ4n) is 3.29. The summed E-state index contributed by atoms with van der Waals surface area (Å²) < 4.78 is 159. The zero-order valence-electron chi connectivity index (χ0n) is 16.7. The quantitative estimate of drug-likeness (QED) is 0.418. The molecule has 0 aliphatic heterocycles. The molecular weight excluding hydrogens is 482 g/mol. The van der Waals surface area contributed by atoms with E-state index in [1.165, 1.54) is 13.8 Å². The minimum absolute atomic E-state index is 0.0401. The van der Waals surface area contributed by atoms with E-state index in [4.69, 9.17) is 0 Å². The highest BCUT2D eigenvalue weighted by atomic mass is 19.4. The molecule has 0 radical (unpaired) electrons. The number of rotatable bonds is 4. The molecule has 2 rings (SSSR count). The first kappa shape index (κ1) is 26.7. The van der Waals surface area contributed by atoms with Crippen LogP contribution >= 0.6 is 0 Å². The Kier molecular flexibility index (Phi) is 6.97. The van der Waals surface area contributed by atoms with Crippen LogP contribution in [0, 0.1) is 13.8 Å². The predicted molar refractivity (Wildman–Crippen MR) is 95.3 cm³/mol. The first-order valence-electron chi connectivity index (χ1n) is 8.98. The Morgan fingerprint density at radius 3 is 1.03 bits per heavy atom. The van der Waals surface area contributed by atoms with Crippen molar-refractivity contribution < 1.29 is 52.7 Å². The van der Waals surface area contributed by atoms with E-state index in [2.05, 4.69) is 0 Å². The van der Waals surface area contributed by atoms with Crippen molar-refractivity contribution in [3.05, 3.63) is 58.7 Å². The number of benzene rings is 2. The van der Waals surface area contributed by atoms with Gasteiger partial charge in [0.1, 0.15) is 0 Å². The Labute approximate surface area is 179 Å². The van der Waals surface area contributed by atoms with E-state index in [1.807, 2.05) is 5.32 Å². The summed E-state index contributed by atoms with van der Waals surface area (Å²) in [5.74, 6) is -8.05. The maximum atomic E-state index is 13.3. The third kappa shape index (κ3) is 6.26. The maximum absolute atomic E-state index is 13.3. The highest BCUT2D eigenvalue weighted by Gasteiger charge is 2.59. The lowest BCUT2D eigenvalue weighted by Gasteiger charge is -2.28. The zero-order valence-corrected chi connectivity index (χ0v) is 16.7. The van der Waals surface area contributed by atoms with Crippen LogP contribution in [-0.2, 0) is 0 Å². The zero-order chi connectivity index (χ0) is 25.6. The lowest BCUT2D eigenvalue weighted by molar-refractivity contribution is -0.254. The summed E-state index contributed by atoms with van der Waals surface area (Å²) in [4.78, 5) is 0. The second-order valence-electron chi connectivity index (χ2n) is 7.34. The SMILES string of the molecule is Cc1ccc(Nc2ccc(C)cc2C(C(F)(F)F)C(F)(F)F)c(C(C(F)(F)F)C(F)(F)F)c1. The highest BCUT2D eigenvalue weighted by Crippen LogP contribution is 2.51. The van der Waals surface area contributed by atoms with Gasteiger partial charge in [-0.05, 0) is 37.1 Å². The van der Waals surface area contributed by atoms with Gasteiger partial charge in [-0.25, -0.2) is 0 Å². The fraction of sp³-hybridized carbons (Fsp3) is 0.400. The van der Waals surface area contributed by atoms with Crippen molar-refractivity contribution in [2.24, 2.45) is 0 Å². The molecule has 0 heterocycles. The average Bonchev–Trinajstić information content (AvgIpc) is 2.54. The normalized spacial score (nSPS) is 13.7. The molecule has 13 heteroatoms. The molecule has 0 bridgehead atoms. The van der Waals surface area contributed by atoms with E-state index in [-0.39, 0.29) is 11.1 Å². The van der Waals surface area contributed by atoms with E-state index in [0.717, 1.165) is 24.3 Å². The van der Waals surface area contributed by atoms with Crippen molar-refractivity contribution in [2.45, 2.75) is 50.4 Å². The van der Waals surface area contributed by atoms with Gasteiger partial charge in [0.15, 0.2) is 11.8 Å². The minimum atomic E-state index is -5.83. The van der Waals surface area contributed by atoms with Crippen LogP contribution in [0.2, 0.25) is 0 Å². The van der Waals surface area contributed by atoms with Crippen molar-refractivity contribution in [1.82, 2.24) is 0 Å². The summed E-state index contributed by atoms with van der Waals surface area (Å²) in [7, 11) is 0. The van der Waals surface area contributed by atoms with Gasteiger partial charge in [-0.3, -0.25) is 0 Å². The van der Waals surface area contributed by atoms with Crippen LogP contribution in [0.15, 0.2) is 36.4 Å². The molecule has 0 saturated heterocycles. The van der Waals surface area contributed by atoms with Crippen LogP contribution < -0.4 is 5.32 Å². The van der Waals surface area contributed by atoms with E-state index >= 15 is 0 Å². The number of nitrogens with one attached hydrogen (secondary N) is 1. The van der Waals surface area contributed by atoms with Gasteiger partial charge in [-0.1, -0.05) is 35.4 Å². The molecule has 0 spiro atoms. The molecule has 0 amide bonds. The lowest BCUT2D eigenvalue weighted by atomic mass is 9.92. The monoisotopic (exact) mass is 497 g/mol. The first-order chi connectivity index (χ1) is 14.7. The molecule has 0 unspecified atom stereocenters. The van der Waals surface area contributed by atoms with E-state index in [0.29, 0.717) is 12.1 Å². The van der Waals surface area contributed by atoms with Gasteiger partial charge in [-0.15, -0.1) is 0 Å². The molecule has 0 fully saturated rings. The van der Waals surface area contributed by atoms with E-state index < -0.39 is 59.0 Å². The summed E-state index contributed by atoms with van der Waals surface area (Å²) in [5, 5.41) is 1.94. The lowest BCUT2D eigenvalue weighted by Crippen LogP contribution is -2.35. The summed E-state index contributed by atoms with van der Waals surface area (Å²) in [6, 6.07) is 4.63. The number of hydrogen-bond donors (Lipinski definition) is 1. The minimum Gasteiger partial charge on any atom is -0.355 e. The largest absolute Gasteiger partial charge is 0.404 e. The maximum Gasteiger partial charge on any atom is 0.404 e. The molecule has 1 N–H and O–H groups in total. The average molecular weight is 497 g/mol. The highest BCUT2D eigenvalue weighted by molar-refractivity contribution is 5.69. The van der Waals surface area contributed by atoms with Crippen molar-refractivity contribution in [3.8, 4) is 0 Å². The van der Waals surface area contributed by atoms with Crippen molar-refractivity contribution >= 4 is 11.4 Å². The third-order valence-electron chi connectivity index (χ3n) is 4.61. The van der Waals surface area contributed by atoms with Gasteiger partial charge in [0.2, 0.25) is 0 Å². The van der Waals surface area contributed by atoms with Crippen molar-refractivity contribution in [3.63, 3.8) is 0 Å². The summed E-state index contributed by atoms with van der Waals surface area (Å²) >= 11 is 0. The number of hydrogen-bond acceptors (Lipinski definition) is 1. The number of alkyl halides is 12. The molecule has 2 aromatic carbocycles. The molecule has 184 valence electrons. The Bertz CT molecular complexity index is 875. The van der Waals surface area contributed by atoms with Crippen LogP contribution in [0.3, 0.4) is 0 Å². The van der Waals surface area contributed by atoms with Crippen molar-refractivity contribution in [2.75, 3.05) is 5.32 Å². The smallest absolute Gasteiger partial charge is 0.355 e. The molecule has 1 nitrogen and oxygen atoms in total. The van der Waals surface area contributed by atoms with Gasteiger partial charge in [0.05, 0.1) is 0 Å². The van der Waals surface area contributed by atoms with Crippen LogP contribution in [0.4, 0.5) is 64.1 Å². The molecular formula is C20H15F12N. The summed E-state index contributed by atoms with van der Waals surface area (Å²) in [5.41, 5.74) is -4.74. The van der Waals surface area contributed by atoms with E-state index in [9.17, 15) is 52.7 Å². The Morgan fingerprint density at radius 2 is 0.788 bits per heavy atom. The second kappa shape index (κ2) is 8.64. The Balaban J connectivity index is 2.74. The Hall–Kier alpha value is -2.60. The molecule has 33 heavy (non-hydrogen) atoms. The molecule has 2 aromatic rings. The number of anilines is 2. The molecule has 0 saturated carbocycles. The second-order valence-corrected chi connectivity index (χ2v) is 7.34. The molecule has 0 aliphatic rings. The Morgan fingerprint density at radius 1 is 0.515 bits per heavy atom. The predicted octanol–water partition coefficient (Wildman–Crippen LogP) is 8.46. The fourth-order valence-corrected chi connectivity index (χ4v) is 3.29. The first-order valence-corrected chi connectivity index (χ1v) is 8.98. The number of halogens is 12. The van der Waals surface area contributed by atoms with Gasteiger partial charge in [-0.2, -0.15) is 52.7 Å². The topological polar surface area (TPSA) is 12.0 Å². The third-order valence-corrected chi connectivity index (χ3v) is 4.61. The van der Waals surface area contributed by atoms with Crippen LogP contribution in [-0.4, -0.2) is 24.7 Å². The van der Waals surface area contributed by atoms with Gasteiger partial charge in [0, 0.05) is 11.4 Å². The summed E-state index contributed by atoms with van der Waals surface area (Å²) in [6.45, 7) is 2.36. The van der Waals surface area contributed by atoms with Gasteiger partial charge >= 0.3 is 24.7 Å². The van der Waals surface area contributed by atoms with Crippen molar-refractivity contribution in [1.29, 1.82) is 0 Å². The summed E-state index contributed by atoms with van der Waals surface area (Å²) in [6.07, 6.45) is -23.3. The van der Waals surface area contributed by atoms with Crippen LogP contribution in [0.1, 0.15) is 34.1 Å². The molecule has 0 atom stereocenters. The van der Waals surface area contributed by atoms with Gasteiger partial charge < -0.3 is 5.32 Å². The standard InChI is InChI=1S/C20H15F12N/c1-9-3-5-13(11(7-9)15(17(21,22)23)18(24,25)26)33-14-6-4-10(2)8-12(14)16(19(27,28)29)20(30,31)32/h3-8,15-16,33H,1-2H3. The molecule has 0 aromatic heterocycles.